The van der Waals surface area contributed by atoms with E-state index in [-0.39, 0.29) is 16.6 Å². The standard InChI is InChI=1S/C20H18N4O2S/c1-14-6-8-15(9-7-14)20(24-19-13-22-17(11-21)12-23-19)16-4-3-5-18(10-16)27(2,25)26/h3-10,12-13,20H,1-2H3,(H,23,24). The Morgan fingerprint density at radius 1 is 1.04 bits per heavy atom. The van der Waals surface area contributed by atoms with Crippen LogP contribution in [0.5, 0.6) is 0 Å². The van der Waals surface area contributed by atoms with E-state index in [1.807, 2.05) is 43.3 Å². The number of benzene rings is 2. The molecule has 136 valence electrons. The fourth-order valence-corrected chi connectivity index (χ4v) is 3.33. The van der Waals surface area contributed by atoms with Crippen LogP contribution in [-0.2, 0) is 9.84 Å². The number of hydrogen-bond donors (Lipinski definition) is 1. The Hall–Kier alpha value is -3.24. The van der Waals surface area contributed by atoms with E-state index >= 15 is 0 Å². The summed E-state index contributed by atoms with van der Waals surface area (Å²) in [5.74, 6) is 0.490. The summed E-state index contributed by atoms with van der Waals surface area (Å²) in [6, 6.07) is 16.4. The Morgan fingerprint density at radius 3 is 2.37 bits per heavy atom. The minimum absolute atomic E-state index is 0.228. The summed E-state index contributed by atoms with van der Waals surface area (Å²) in [7, 11) is -3.32. The zero-order chi connectivity index (χ0) is 19.4. The van der Waals surface area contributed by atoms with Crippen molar-refractivity contribution in [2.45, 2.75) is 17.9 Å². The smallest absolute Gasteiger partial charge is 0.175 e. The molecule has 6 nitrogen and oxygen atoms in total. The highest BCUT2D eigenvalue weighted by molar-refractivity contribution is 7.90. The van der Waals surface area contributed by atoms with Gasteiger partial charge in [0.1, 0.15) is 11.9 Å². The van der Waals surface area contributed by atoms with E-state index in [9.17, 15) is 8.42 Å². The molecule has 3 aromatic rings. The second kappa shape index (κ2) is 7.56. The van der Waals surface area contributed by atoms with Crippen LogP contribution < -0.4 is 5.32 Å². The molecule has 0 saturated carbocycles. The summed E-state index contributed by atoms with van der Waals surface area (Å²) >= 11 is 0. The van der Waals surface area contributed by atoms with Crippen molar-refractivity contribution >= 4 is 15.7 Å². The minimum Gasteiger partial charge on any atom is -0.358 e. The lowest BCUT2D eigenvalue weighted by Crippen LogP contribution is -2.14. The van der Waals surface area contributed by atoms with Crippen LogP contribution in [-0.4, -0.2) is 24.6 Å². The fraction of sp³-hybridized carbons (Fsp3) is 0.150. The van der Waals surface area contributed by atoms with Crippen LogP contribution in [0, 0.1) is 18.3 Å². The Labute approximate surface area is 158 Å². The third-order valence-electron chi connectivity index (χ3n) is 4.09. The van der Waals surface area contributed by atoms with Gasteiger partial charge in [-0.2, -0.15) is 5.26 Å². The van der Waals surface area contributed by atoms with E-state index < -0.39 is 9.84 Å². The molecule has 0 saturated heterocycles. The van der Waals surface area contributed by atoms with Gasteiger partial charge in [0.05, 0.1) is 23.3 Å². The van der Waals surface area contributed by atoms with Crippen LogP contribution in [0.15, 0.2) is 65.8 Å². The molecule has 0 aliphatic rings. The normalized spacial score (nSPS) is 12.2. The van der Waals surface area contributed by atoms with Crippen molar-refractivity contribution in [2.24, 2.45) is 0 Å². The van der Waals surface area contributed by atoms with Crippen molar-refractivity contribution in [1.82, 2.24) is 9.97 Å². The molecule has 0 radical (unpaired) electrons. The van der Waals surface area contributed by atoms with Crippen LogP contribution in [0.25, 0.3) is 0 Å². The highest BCUT2D eigenvalue weighted by Gasteiger charge is 2.17. The summed E-state index contributed by atoms with van der Waals surface area (Å²) in [6.45, 7) is 2.00. The Kier molecular flexibility index (Phi) is 5.19. The predicted octanol–water partition coefficient (Wildman–Crippen LogP) is 3.26. The highest BCUT2D eigenvalue weighted by atomic mass is 32.2. The molecule has 7 heteroatoms. The molecule has 0 spiro atoms. The molecule has 1 N–H and O–H groups in total. The quantitative estimate of drug-likeness (QED) is 0.732. The number of nitrogens with zero attached hydrogens (tertiary/aromatic N) is 3. The van der Waals surface area contributed by atoms with E-state index in [0.29, 0.717) is 5.82 Å². The first kappa shape index (κ1) is 18.5. The highest BCUT2D eigenvalue weighted by Crippen LogP contribution is 2.28. The SMILES string of the molecule is Cc1ccc(C(Nc2cnc(C#N)cn2)c2cccc(S(C)(=O)=O)c2)cc1. The third-order valence-corrected chi connectivity index (χ3v) is 5.20. The summed E-state index contributed by atoms with van der Waals surface area (Å²) in [4.78, 5) is 8.50. The van der Waals surface area contributed by atoms with Gasteiger partial charge in [0.2, 0.25) is 0 Å². The van der Waals surface area contributed by atoms with Crippen LogP contribution in [0.3, 0.4) is 0 Å². The first-order chi connectivity index (χ1) is 12.9. The second-order valence-electron chi connectivity index (χ2n) is 6.23. The lowest BCUT2D eigenvalue weighted by atomic mass is 9.98. The van der Waals surface area contributed by atoms with Crippen molar-refractivity contribution < 1.29 is 8.42 Å². The number of anilines is 1. The molecule has 3 rings (SSSR count). The Morgan fingerprint density at radius 2 is 1.78 bits per heavy atom. The summed E-state index contributed by atoms with van der Waals surface area (Å²) in [5, 5.41) is 12.2. The van der Waals surface area contributed by atoms with E-state index in [0.717, 1.165) is 16.7 Å². The van der Waals surface area contributed by atoms with Crippen LogP contribution >= 0.6 is 0 Å². The van der Waals surface area contributed by atoms with E-state index in [1.54, 1.807) is 18.2 Å². The second-order valence-corrected chi connectivity index (χ2v) is 8.25. The molecule has 0 aliphatic heterocycles. The number of rotatable bonds is 5. The van der Waals surface area contributed by atoms with Crippen LogP contribution in [0.1, 0.15) is 28.4 Å². The number of nitrogens with one attached hydrogen (secondary N) is 1. The molecule has 1 aromatic heterocycles. The number of nitriles is 1. The molecular weight excluding hydrogens is 360 g/mol. The topological polar surface area (TPSA) is 95.7 Å². The van der Waals surface area contributed by atoms with Crippen molar-refractivity contribution in [3.8, 4) is 6.07 Å². The zero-order valence-corrected chi connectivity index (χ0v) is 15.7. The van der Waals surface area contributed by atoms with Gasteiger partial charge in [-0.25, -0.2) is 18.4 Å². The molecule has 0 aliphatic carbocycles. The van der Waals surface area contributed by atoms with Crippen molar-refractivity contribution in [3.63, 3.8) is 0 Å². The van der Waals surface area contributed by atoms with Gasteiger partial charge in [0.15, 0.2) is 15.5 Å². The van der Waals surface area contributed by atoms with Gasteiger partial charge >= 0.3 is 0 Å². The molecule has 1 atom stereocenters. The predicted molar refractivity (Wildman–Crippen MR) is 103 cm³/mol. The molecular formula is C20H18N4O2S. The molecule has 0 amide bonds. The zero-order valence-electron chi connectivity index (χ0n) is 14.9. The van der Waals surface area contributed by atoms with Gasteiger partial charge in [-0.05, 0) is 30.2 Å². The Balaban J connectivity index is 2.04. The first-order valence-electron chi connectivity index (χ1n) is 8.22. The summed E-state index contributed by atoms with van der Waals surface area (Å²) < 4.78 is 23.9. The molecule has 1 unspecified atom stereocenters. The van der Waals surface area contributed by atoms with Gasteiger partial charge in [-0.15, -0.1) is 0 Å². The van der Waals surface area contributed by atoms with Crippen molar-refractivity contribution in [2.75, 3.05) is 11.6 Å². The maximum Gasteiger partial charge on any atom is 0.175 e. The Bertz CT molecular complexity index is 1090. The molecule has 27 heavy (non-hydrogen) atoms. The summed E-state index contributed by atoms with van der Waals surface area (Å²) in [5.41, 5.74) is 3.09. The minimum atomic E-state index is -3.32. The number of aryl methyl sites for hydroxylation is 1. The lowest BCUT2D eigenvalue weighted by Gasteiger charge is -2.21. The van der Waals surface area contributed by atoms with E-state index in [1.165, 1.54) is 18.6 Å². The van der Waals surface area contributed by atoms with E-state index in [4.69, 9.17) is 5.26 Å². The number of aromatic nitrogens is 2. The number of hydrogen-bond acceptors (Lipinski definition) is 6. The maximum atomic E-state index is 11.9. The number of sulfone groups is 1. The van der Waals surface area contributed by atoms with E-state index in [2.05, 4.69) is 15.3 Å². The maximum absolute atomic E-state index is 11.9. The lowest BCUT2D eigenvalue weighted by molar-refractivity contribution is 0.601. The largest absolute Gasteiger partial charge is 0.358 e. The van der Waals surface area contributed by atoms with Crippen LogP contribution in [0.4, 0.5) is 5.82 Å². The average molecular weight is 378 g/mol. The average Bonchev–Trinajstić information content (AvgIpc) is 2.67. The van der Waals surface area contributed by atoms with Crippen LogP contribution in [0.2, 0.25) is 0 Å². The van der Waals surface area contributed by atoms with Gasteiger partial charge in [-0.3, -0.25) is 0 Å². The van der Waals surface area contributed by atoms with Crippen molar-refractivity contribution in [1.29, 1.82) is 5.26 Å². The van der Waals surface area contributed by atoms with Gasteiger partial charge in [0, 0.05) is 6.26 Å². The summed E-state index contributed by atoms with van der Waals surface area (Å²) in [6.07, 6.45) is 4.06. The molecule has 0 bridgehead atoms. The van der Waals surface area contributed by atoms with Gasteiger partial charge < -0.3 is 5.32 Å². The van der Waals surface area contributed by atoms with Crippen molar-refractivity contribution in [3.05, 3.63) is 83.3 Å². The monoisotopic (exact) mass is 378 g/mol. The molecule has 0 fully saturated rings. The third kappa shape index (κ3) is 4.49. The molecule has 2 aromatic carbocycles. The molecule has 1 heterocycles. The fourth-order valence-electron chi connectivity index (χ4n) is 2.65. The van der Waals surface area contributed by atoms with Gasteiger partial charge in [-0.1, -0.05) is 42.0 Å². The van der Waals surface area contributed by atoms with Gasteiger partial charge in [0.25, 0.3) is 0 Å². The first-order valence-corrected chi connectivity index (χ1v) is 10.1.